The first-order chi connectivity index (χ1) is 14.6. The molecule has 150 valence electrons. The van der Waals surface area contributed by atoms with E-state index in [2.05, 4.69) is 6.58 Å². The van der Waals surface area contributed by atoms with Crippen LogP contribution in [0.2, 0.25) is 0 Å². The molecule has 1 heterocycles. The number of nitrogens with zero attached hydrogens (tertiary/aromatic N) is 2. The molecular formula is C24H20N2O4. The van der Waals surface area contributed by atoms with E-state index < -0.39 is 11.9 Å². The molecule has 3 aromatic rings. The molecule has 6 heteroatoms. The van der Waals surface area contributed by atoms with Crippen LogP contribution in [-0.4, -0.2) is 29.7 Å². The van der Waals surface area contributed by atoms with Gasteiger partial charge in [-0.25, -0.2) is 9.59 Å². The summed E-state index contributed by atoms with van der Waals surface area (Å²) < 4.78 is 11.9. The second-order valence-electron chi connectivity index (χ2n) is 6.38. The van der Waals surface area contributed by atoms with Crippen LogP contribution in [0.25, 0.3) is 28.2 Å². The van der Waals surface area contributed by atoms with Gasteiger partial charge in [-0.3, -0.25) is 0 Å². The van der Waals surface area contributed by atoms with Crippen molar-refractivity contribution in [1.29, 1.82) is 5.26 Å². The van der Waals surface area contributed by atoms with Crippen LogP contribution in [0.3, 0.4) is 0 Å². The van der Waals surface area contributed by atoms with Crippen LogP contribution in [-0.2, 0) is 26.1 Å². The molecule has 0 atom stereocenters. The third-order valence-electron chi connectivity index (χ3n) is 4.55. The lowest BCUT2D eigenvalue weighted by Crippen LogP contribution is -2.13. The molecule has 0 saturated heterocycles. The SMILES string of the molecule is C=CC(=O)OCCOC(=O)C(C#N)=Cc1c(-c2ccccc2)n(C)c2ccccc12. The van der Waals surface area contributed by atoms with Crippen LogP contribution >= 0.6 is 0 Å². The predicted octanol–water partition coefficient (Wildman–Crippen LogP) is 4.02. The maximum absolute atomic E-state index is 12.4. The van der Waals surface area contributed by atoms with Gasteiger partial charge in [-0.2, -0.15) is 5.26 Å². The molecule has 0 aliphatic carbocycles. The Morgan fingerprint density at radius 2 is 1.73 bits per heavy atom. The third kappa shape index (κ3) is 4.31. The first kappa shape index (κ1) is 20.6. The molecule has 0 unspecified atom stereocenters. The largest absolute Gasteiger partial charge is 0.459 e. The Morgan fingerprint density at radius 1 is 1.07 bits per heavy atom. The Kier molecular flexibility index (Phi) is 6.46. The highest BCUT2D eigenvalue weighted by Crippen LogP contribution is 2.34. The number of carbonyl (C=O) groups excluding carboxylic acids is 2. The number of carbonyl (C=O) groups is 2. The predicted molar refractivity (Wildman–Crippen MR) is 114 cm³/mol. The summed E-state index contributed by atoms with van der Waals surface area (Å²) in [7, 11) is 1.94. The fourth-order valence-electron chi connectivity index (χ4n) is 3.21. The van der Waals surface area contributed by atoms with E-state index in [1.807, 2.05) is 72.3 Å². The Morgan fingerprint density at radius 3 is 2.43 bits per heavy atom. The van der Waals surface area contributed by atoms with Crippen LogP contribution in [0.4, 0.5) is 0 Å². The van der Waals surface area contributed by atoms with Crippen LogP contribution < -0.4 is 0 Å². The molecule has 0 spiro atoms. The van der Waals surface area contributed by atoms with Gasteiger partial charge in [-0.05, 0) is 17.7 Å². The molecule has 0 N–H and O–H groups in total. The Labute approximate surface area is 174 Å². The van der Waals surface area contributed by atoms with Crippen molar-refractivity contribution in [3.63, 3.8) is 0 Å². The van der Waals surface area contributed by atoms with E-state index in [9.17, 15) is 14.9 Å². The van der Waals surface area contributed by atoms with E-state index in [-0.39, 0.29) is 18.8 Å². The van der Waals surface area contributed by atoms with Crippen molar-refractivity contribution in [2.24, 2.45) is 7.05 Å². The summed E-state index contributed by atoms with van der Waals surface area (Å²) in [4.78, 5) is 23.4. The summed E-state index contributed by atoms with van der Waals surface area (Å²) in [6.07, 6.45) is 2.57. The van der Waals surface area contributed by atoms with E-state index in [0.717, 1.165) is 33.8 Å². The first-order valence-corrected chi connectivity index (χ1v) is 9.27. The van der Waals surface area contributed by atoms with Crippen LogP contribution in [0, 0.1) is 11.3 Å². The number of aryl methyl sites for hydroxylation is 1. The Bertz CT molecular complexity index is 1170. The second kappa shape index (κ2) is 9.39. The molecule has 0 aliphatic heterocycles. The van der Waals surface area contributed by atoms with Crippen molar-refractivity contribution in [3.05, 3.63) is 78.4 Å². The molecule has 0 aliphatic rings. The fourth-order valence-corrected chi connectivity index (χ4v) is 3.21. The van der Waals surface area contributed by atoms with Gasteiger partial charge < -0.3 is 14.0 Å². The normalized spacial score (nSPS) is 11.0. The van der Waals surface area contributed by atoms with E-state index in [0.29, 0.717) is 0 Å². The van der Waals surface area contributed by atoms with Crippen LogP contribution in [0.1, 0.15) is 5.56 Å². The minimum atomic E-state index is -0.779. The van der Waals surface area contributed by atoms with Gasteiger partial charge in [-0.15, -0.1) is 0 Å². The van der Waals surface area contributed by atoms with Crippen molar-refractivity contribution in [3.8, 4) is 17.3 Å². The summed E-state index contributed by atoms with van der Waals surface area (Å²) in [5.74, 6) is -1.38. The highest BCUT2D eigenvalue weighted by molar-refractivity contribution is 6.04. The van der Waals surface area contributed by atoms with Crippen molar-refractivity contribution >= 4 is 28.9 Å². The van der Waals surface area contributed by atoms with Crippen LogP contribution in [0.15, 0.2) is 72.8 Å². The van der Waals surface area contributed by atoms with E-state index in [1.54, 1.807) is 6.08 Å². The minimum Gasteiger partial charge on any atom is -0.459 e. The Hall–Kier alpha value is -4.11. The maximum atomic E-state index is 12.4. The topological polar surface area (TPSA) is 81.3 Å². The zero-order chi connectivity index (χ0) is 21.5. The standard InChI is InChI=1S/C24H20N2O4/c1-3-22(27)29-13-14-30-24(28)18(16-25)15-20-19-11-7-8-12-21(19)26(2)23(20)17-9-5-4-6-10-17/h3-12,15H,1,13-14H2,2H3. The lowest BCUT2D eigenvalue weighted by molar-refractivity contribution is -0.146. The average Bonchev–Trinajstić information content (AvgIpc) is 3.06. The smallest absolute Gasteiger partial charge is 0.349 e. The highest BCUT2D eigenvalue weighted by atomic mass is 16.6. The van der Waals surface area contributed by atoms with Crippen molar-refractivity contribution in [2.75, 3.05) is 13.2 Å². The van der Waals surface area contributed by atoms with Crippen molar-refractivity contribution in [1.82, 2.24) is 4.57 Å². The van der Waals surface area contributed by atoms with Gasteiger partial charge in [-0.1, -0.05) is 55.1 Å². The van der Waals surface area contributed by atoms with Crippen molar-refractivity contribution < 1.29 is 19.1 Å². The summed E-state index contributed by atoms with van der Waals surface area (Å²) >= 11 is 0. The second-order valence-corrected chi connectivity index (χ2v) is 6.38. The number of fused-ring (bicyclic) bond motifs is 1. The van der Waals surface area contributed by atoms with E-state index in [4.69, 9.17) is 9.47 Å². The van der Waals surface area contributed by atoms with Gasteiger partial charge in [0.15, 0.2) is 0 Å². The highest BCUT2D eigenvalue weighted by Gasteiger charge is 2.18. The summed E-state index contributed by atoms with van der Waals surface area (Å²) in [5.41, 5.74) is 3.44. The monoisotopic (exact) mass is 400 g/mol. The molecule has 30 heavy (non-hydrogen) atoms. The van der Waals surface area contributed by atoms with Gasteiger partial charge in [0.25, 0.3) is 0 Å². The number of benzene rings is 2. The Balaban J connectivity index is 1.97. The number of rotatable bonds is 7. The number of para-hydroxylation sites is 1. The summed E-state index contributed by atoms with van der Waals surface area (Å²) in [6.45, 7) is 3.02. The van der Waals surface area contributed by atoms with E-state index in [1.165, 1.54) is 0 Å². The lowest BCUT2D eigenvalue weighted by Gasteiger charge is -2.07. The van der Waals surface area contributed by atoms with Gasteiger partial charge >= 0.3 is 11.9 Å². The molecule has 0 saturated carbocycles. The minimum absolute atomic E-state index is 0.112. The number of hydrogen-bond donors (Lipinski definition) is 0. The molecule has 0 bridgehead atoms. The molecule has 3 rings (SSSR count). The average molecular weight is 400 g/mol. The number of aromatic nitrogens is 1. The molecule has 0 fully saturated rings. The third-order valence-corrected chi connectivity index (χ3v) is 4.55. The molecular weight excluding hydrogens is 380 g/mol. The maximum Gasteiger partial charge on any atom is 0.349 e. The molecule has 6 nitrogen and oxygen atoms in total. The number of nitriles is 1. The molecule has 2 aromatic carbocycles. The number of ether oxygens (including phenoxy) is 2. The van der Waals surface area contributed by atoms with Gasteiger partial charge in [0, 0.05) is 29.6 Å². The zero-order valence-corrected chi connectivity index (χ0v) is 16.5. The first-order valence-electron chi connectivity index (χ1n) is 9.27. The van der Waals surface area contributed by atoms with Gasteiger partial charge in [0.2, 0.25) is 0 Å². The zero-order valence-electron chi connectivity index (χ0n) is 16.5. The number of esters is 2. The summed E-state index contributed by atoms with van der Waals surface area (Å²) in [6, 6.07) is 19.4. The molecule has 0 radical (unpaired) electrons. The van der Waals surface area contributed by atoms with Crippen LogP contribution in [0.5, 0.6) is 0 Å². The van der Waals surface area contributed by atoms with Crippen molar-refractivity contribution in [2.45, 2.75) is 0 Å². The van der Waals surface area contributed by atoms with Gasteiger partial charge in [0.05, 0.1) is 5.69 Å². The molecule has 0 amide bonds. The fraction of sp³-hybridized carbons (Fsp3) is 0.125. The quantitative estimate of drug-likeness (QED) is 0.259. The summed E-state index contributed by atoms with van der Waals surface area (Å²) in [5, 5.41) is 10.5. The van der Waals surface area contributed by atoms with Gasteiger partial charge in [0.1, 0.15) is 24.9 Å². The lowest BCUT2D eigenvalue weighted by atomic mass is 10.0. The van der Waals surface area contributed by atoms with E-state index >= 15 is 0 Å². The molecule has 1 aromatic heterocycles. The number of hydrogen-bond acceptors (Lipinski definition) is 5.